The van der Waals surface area contributed by atoms with Crippen LogP contribution in [0.4, 0.5) is 0 Å². The summed E-state index contributed by atoms with van der Waals surface area (Å²) < 4.78 is 0.108. The van der Waals surface area contributed by atoms with Crippen molar-refractivity contribution < 1.29 is 4.79 Å². The molecule has 0 N–H and O–H groups in total. The lowest BCUT2D eigenvalue weighted by molar-refractivity contribution is -0.139. The second-order valence-electron chi connectivity index (χ2n) is 13.2. The molecule has 1 nitrogen and oxygen atoms in total. The minimum absolute atomic E-state index is 0.0251. The van der Waals surface area contributed by atoms with E-state index in [0.717, 1.165) is 25.7 Å². The molecule has 0 fully saturated rings. The molecule has 0 aliphatic carbocycles. The van der Waals surface area contributed by atoms with E-state index in [-0.39, 0.29) is 26.4 Å². The maximum atomic E-state index is 13.8. The zero-order valence-corrected chi connectivity index (χ0v) is 24.5. The van der Waals surface area contributed by atoms with Crippen LogP contribution in [0, 0.1) is 27.1 Å². The summed E-state index contributed by atoms with van der Waals surface area (Å²) in [5.74, 6) is 0.405. The van der Waals surface area contributed by atoms with Crippen molar-refractivity contribution in [2.45, 2.75) is 133 Å². The molecule has 2 heteroatoms. The van der Waals surface area contributed by atoms with Gasteiger partial charge in [0.1, 0.15) is 5.78 Å². The van der Waals surface area contributed by atoms with Crippen LogP contribution in [-0.2, 0) is 4.79 Å². The van der Waals surface area contributed by atoms with E-state index in [0.29, 0.717) is 11.2 Å². The number of Topliss-reactive ketones (excluding diaryl/α,β-unsaturated/α-hetero) is 1. The van der Waals surface area contributed by atoms with E-state index in [1.54, 1.807) is 0 Å². The van der Waals surface area contributed by atoms with Gasteiger partial charge in [0.2, 0.25) is 0 Å². The van der Waals surface area contributed by atoms with Crippen LogP contribution < -0.4 is 0 Å². The molecule has 0 aromatic carbocycles. The quantitative estimate of drug-likeness (QED) is 0.244. The van der Waals surface area contributed by atoms with Gasteiger partial charge in [-0.1, -0.05) is 115 Å². The predicted molar refractivity (Wildman–Crippen MR) is 144 cm³/mol. The van der Waals surface area contributed by atoms with Crippen molar-refractivity contribution >= 4 is 17.5 Å². The molecule has 0 aromatic rings. The Bertz CT molecular complexity index is 604. The van der Waals surface area contributed by atoms with Crippen molar-refractivity contribution in [2.24, 2.45) is 27.1 Å². The van der Waals surface area contributed by atoms with Gasteiger partial charge in [-0.25, -0.2) is 0 Å². The van der Waals surface area contributed by atoms with Crippen molar-refractivity contribution in [3.8, 4) is 0 Å². The molecule has 1 atom stereocenters. The molecule has 0 aliphatic heterocycles. The lowest BCUT2D eigenvalue weighted by atomic mass is 9.56. The molecule has 1 unspecified atom stereocenters. The molecule has 0 spiro atoms. The molecule has 184 valence electrons. The van der Waals surface area contributed by atoms with E-state index in [2.05, 4.69) is 108 Å². The molecule has 0 heterocycles. The van der Waals surface area contributed by atoms with Crippen LogP contribution in [0.1, 0.15) is 129 Å². The average molecular weight is 453 g/mol. The van der Waals surface area contributed by atoms with Crippen LogP contribution in [0.2, 0.25) is 0 Å². The first-order valence-electron chi connectivity index (χ1n) is 12.5. The summed E-state index contributed by atoms with van der Waals surface area (Å²) >= 11 is 1.86. The van der Waals surface area contributed by atoms with Crippen LogP contribution in [0.5, 0.6) is 0 Å². The molecule has 31 heavy (non-hydrogen) atoms. The SMILES string of the molecule is CCC(C)(CC)CC=CC(C)(CC)C(C)(C)CC(C)(C)C(=O)C(C)(C)CC(C)(C)SC. The minimum Gasteiger partial charge on any atom is -0.299 e. The standard InChI is InChI=1S/C29H56OS/c1-15-28(12,16-2)19-18-20-29(13,17-3)26(8,9)21-24(4,5)23(30)25(6,7)22-27(10,11)31-14/h18,20H,15-17,19,21-22H2,1-14H3. The summed E-state index contributed by atoms with van der Waals surface area (Å²) in [5.41, 5.74) is -0.201. The topological polar surface area (TPSA) is 17.1 Å². The fourth-order valence-electron chi connectivity index (χ4n) is 5.48. The van der Waals surface area contributed by atoms with Gasteiger partial charge in [0.15, 0.2) is 0 Å². The highest BCUT2D eigenvalue weighted by molar-refractivity contribution is 7.99. The van der Waals surface area contributed by atoms with Crippen molar-refractivity contribution in [1.29, 1.82) is 0 Å². The zero-order chi connectivity index (χ0) is 24.9. The van der Waals surface area contributed by atoms with Crippen LogP contribution in [0.25, 0.3) is 0 Å². The molecule has 0 saturated carbocycles. The van der Waals surface area contributed by atoms with Crippen molar-refractivity contribution in [3.05, 3.63) is 12.2 Å². The average Bonchev–Trinajstić information content (AvgIpc) is 2.65. The summed E-state index contributed by atoms with van der Waals surface area (Å²) in [7, 11) is 0. The molecule has 0 aliphatic rings. The first-order valence-corrected chi connectivity index (χ1v) is 13.8. The van der Waals surface area contributed by atoms with Crippen LogP contribution in [0.3, 0.4) is 0 Å². The lowest BCUT2D eigenvalue weighted by Gasteiger charge is -2.48. The van der Waals surface area contributed by atoms with Crippen molar-refractivity contribution in [2.75, 3.05) is 6.26 Å². The lowest BCUT2D eigenvalue weighted by Crippen LogP contribution is -2.45. The molecule has 0 bridgehead atoms. The van der Waals surface area contributed by atoms with Crippen molar-refractivity contribution in [1.82, 2.24) is 0 Å². The third-order valence-electron chi connectivity index (χ3n) is 8.62. The van der Waals surface area contributed by atoms with Gasteiger partial charge in [-0.2, -0.15) is 11.8 Å². The Hall–Kier alpha value is -0.240. The molecule has 0 saturated heterocycles. The summed E-state index contributed by atoms with van der Waals surface area (Å²) in [4.78, 5) is 13.8. The van der Waals surface area contributed by atoms with Gasteiger partial charge in [0.05, 0.1) is 0 Å². The number of rotatable bonds is 14. The third-order valence-corrected chi connectivity index (χ3v) is 9.87. The van der Waals surface area contributed by atoms with Crippen LogP contribution in [0.15, 0.2) is 12.2 Å². The second-order valence-corrected chi connectivity index (χ2v) is 14.7. The normalized spacial score (nSPS) is 16.6. The first kappa shape index (κ1) is 30.8. The second kappa shape index (κ2) is 10.8. The number of ketones is 1. The van der Waals surface area contributed by atoms with Gasteiger partial charge in [0, 0.05) is 15.6 Å². The van der Waals surface area contributed by atoms with Crippen molar-refractivity contribution in [3.63, 3.8) is 0 Å². The highest BCUT2D eigenvalue weighted by Gasteiger charge is 2.47. The molecular weight excluding hydrogens is 396 g/mol. The van der Waals surface area contributed by atoms with E-state index in [1.165, 1.54) is 12.8 Å². The Morgan fingerprint density at radius 3 is 1.58 bits per heavy atom. The molecule has 0 rings (SSSR count). The largest absolute Gasteiger partial charge is 0.299 e. The first-order chi connectivity index (χ1) is 13.8. The highest BCUT2D eigenvalue weighted by Crippen LogP contribution is 2.52. The van der Waals surface area contributed by atoms with E-state index in [4.69, 9.17) is 0 Å². The summed E-state index contributed by atoms with van der Waals surface area (Å²) in [6, 6.07) is 0. The van der Waals surface area contributed by atoms with Gasteiger partial charge in [-0.3, -0.25) is 4.79 Å². The van der Waals surface area contributed by atoms with Gasteiger partial charge < -0.3 is 0 Å². The predicted octanol–water partition coefficient (Wildman–Crippen LogP) is 9.74. The Kier molecular flexibility index (Phi) is 10.7. The van der Waals surface area contributed by atoms with Crippen LogP contribution in [-0.4, -0.2) is 16.8 Å². The number of carbonyl (C=O) groups is 1. The fraction of sp³-hybridized carbons (Fsp3) is 0.897. The highest BCUT2D eigenvalue weighted by atomic mass is 32.2. The minimum atomic E-state index is -0.354. The number of hydrogen-bond acceptors (Lipinski definition) is 2. The Labute approximate surface area is 201 Å². The van der Waals surface area contributed by atoms with Gasteiger partial charge >= 0.3 is 0 Å². The molecule has 0 radical (unpaired) electrons. The zero-order valence-electron chi connectivity index (χ0n) is 23.7. The van der Waals surface area contributed by atoms with E-state index >= 15 is 0 Å². The summed E-state index contributed by atoms with van der Waals surface area (Å²) in [5, 5.41) is 0. The summed E-state index contributed by atoms with van der Waals surface area (Å²) in [6.07, 6.45) is 13.5. The Balaban J connectivity index is 5.71. The number of hydrogen-bond donors (Lipinski definition) is 0. The number of carbonyl (C=O) groups excluding carboxylic acids is 1. The van der Waals surface area contributed by atoms with E-state index in [1.807, 2.05) is 11.8 Å². The van der Waals surface area contributed by atoms with E-state index < -0.39 is 0 Å². The molecule has 0 aromatic heterocycles. The van der Waals surface area contributed by atoms with Gasteiger partial charge in [-0.05, 0) is 48.2 Å². The maximum Gasteiger partial charge on any atom is 0.144 e. The Morgan fingerprint density at radius 1 is 0.742 bits per heavy atom. The Morgan fingerprint density at radius 2 is 1.19 bits per heavy atom. The molecular formula is C29H56OS. The number of thioether (sulfide) groups is 1. The van der Waals surface area contributed by atoms with E-state index in [9.17, 15) is 4.79 Å². The van der Waals surface area contributed by atoms with Gasteiger partial charge in [-0.15, -0.1) is 0 Å². The number of allylic oxidation sites excluding steroid dienone is 2. The third kappa shape index (κ3) is 8.24. The maximum absolute atomic E-state index is 13.8. The van der Waals surface area contributed by atoms with Gasteiger partial charge in [0.25, 0.3) is 0 Å². The van der Waals surface area contributed by atoms with Crippen LogP contribution >= 0.6 is 11.8 Å². The monoisotopic (exact) mass is 452 g/mol. The fourth-order valence-corrected chi connectivity index (χ4v) is 5.99. The smallest absolute Gasteiger partial charge is 0.144 e. The summed E-state index contributed by atoms with van der Waals surface area (Å²) in [6.45, 7) is 29.6. The molecule has 0 amide bonds.